The fraction of sp³-hybridized carbons (Fsp3) is 0.200. The molecule has 5 rings (SSSR count). The minimum absolute atomic E-state index is 0.446. The highest BCUT2D eigenvalue weighted by Gasteiger charge is 2.17. The first kappa shape index (κ1) is 24.0. The number of nitrogens with zero attached hydrogens (tertiary/aromatic N) is 5. The molecule has 0 aliphatic rings. The maximum Gasteiger partial charge on any atom is 0.266 e. The average Bonchev–Trinajstić information content (AvgIpc) is 3.55. The Kier molecular flexibility index (Phi) is 7.09. The van der Waals surface area contributed by atoms with Gasteiger partial charge in [-0.25, -0.2) is 4.98 Å². The number of rotatable bonds is 9. The monoisotopic (exact) mass is 488 g/mol. The van der Waals surface area contributed by atoms with E-state index in [-0.39, 0.29) is 0 Å². The molecule has 184 valence electrons. The van der Waals surface area contributed by atoms with Crippen LogP contribution in [0.25, 0.3) is 33.8 Å². The Morgan fingerprint density at radius 1 is 0.946 bits per heavy atom. The summed E-state index contributed by atoms with van der Waals surface area (Å²) in [5, 5.41) is 21.4. The fourth-order valence-corrected chi connectivity index (χ4v) is 4.29. The number of aromatic nitrogens is 4. The number of hydrogen-bond donors (Lipinski definition) is 1. The van der Waals surface area contributed by atoms with Crippen molar-refractivity contribution in [1.82, 2.24) is 19.7 Å². The lowest BCUT2D eigenvalue weighted by Crippen LogP contribution is -2.10. The third-order valence-electron chi connectivity index (χ3n) is 6.27. The topological polar surface area (TPSA) is 92.6 Å². The molecule has 0 fully saturated rings. The van der Waals surface area contributed by atoms with Gasteiger partial charge in [0.2, 0.25) is 11.8 Å². The highest BCUT2D eigenvalue weighted by Crippen LogP contribution is 2.30. The molecule has 3 aromatic carbocycles. The van der Waals surface area contributed by atoms with Crippen LogP contribution in [0.5, 0.6) is 0 Å². The van der Waals surface area contributed by atoms with E-state index in [9.17, 15) is 5.26 Å². The molecule has 0 radical (unpaired) electrons. The highest BCUT2D eigenvalue weighted by molar-refractivity contribution is 5.77. The van der Waals surface area contributed by atoms with E-state index in [0.717, 1.165) is 58.8 Å². The van der Waals surface area contributed by atoms with Crippen molar-refractivity contribution in [3.05, 3.63) is 96.0 Å². The van der Waals surface area contributed by atoms with E-state index in [1.54, 1.807) is 13.1 Å². The second-order valence-electron chi connectivity index (χ2n) is 8.89. The number of benzene rings is 3. The predicted molar refractivity (Wildman–Crippen MR) is 145 cm³/mol. The lowest BCUT2D eigenvalue weighted by atomic mass is 9.94. The lowest BCUT2D eigenvalue weighted by molar-refractivity contribution is 0.527. The Labute approximate surface area is 216 Å². The summed E-state index contributed by atoms with van der Waals surface area (Å²) in [5.74, 6) is 1.73. The molecule has 1 N–H and O–H groups in total. The molecule has 0 spiro atoms. The molecule has 0 saturated heterocycles. The molecule has 0 aliphatic heterocycles. The molecular weight excluding hydrogens is 460 g/mol. The predicted octanol–water partition coefficient (Wildman–Crippen LogP) is 6.71. The minimum atomic E-state index is 0.446. The summed E-state index contributed by atoms with van der Waals surface area (Å²) in [6.07, 6.45) is 3.92. The van der Waals surface area contributed by atoms with E-state index in [0.29, 0.717) is 23.9 Å². The van der Waals surface area contributed by atoms with Gasteiger partial charge in [0, 0.05) is 19.0 Å². The van der Waals surface area contributed by atoms with Crippen LogP contribution < -0.4 is 5.32 Å². The molecule has 37 heavy (non-hydrogen) atoms. The molecule has 7 nitrogen and oxygen atoms in total. The number of hydrogen-bond acceptors (Lipinski definition) is 6. The van der Waals surface area contributed by atoms with Gasteiger partial charge in [-0.05, 0) is 40.8 Å². The van der Waals surface area contributed by atoms with E-state index in [1.165, 1.54) is 0 Å². The average molecular weight is 489 g/mol. The largest absolute Gasteiger partial charge is 0.420 e. The van der Waals surface area contributed by atoms with Gasteiger partial charge < -0.3 is 14.3 Å². The van der Waals surface area contributed by atoms with E-state index >= 15 is 0 Å². The second kappa shape index (κ2) is 10.9. The minimum Gasteiger partial charge on any atom is -0.420 e. The molecule has 0 aliphatic carbocycles. The van der Waals surface area contributed by atoms with Crippen LogP contribution in [-0.4, -0.2) is 26.3 Å². The molecule has 0 unspecified atom stereocenters. The van der Waals surface area contributed by atoms with Crippen LogP contribution in [0, 0.1) is 18.3 Å². The summed E-state index contributed by atoms with van der Waals surface area (Å²) in [5.41, 5.74) is 6.64. The third kappa shape index (κ3) is 5.29. The summed E-state index contributed by atoms with van der Waals surface area (Å²) in [6.45, 7) is 5.36. The molecule has 7 heteroatoms. The van der Waals surface area contributed by atoms with Crippen LogP contribution in [0.4, 0.5) is 5.95 Å². The first-order chi connectivity index (χ1) is 18.2. The van der Waals surface area contributed by atoms with Crippen LogP contribution in [0.15, 0.2) is 83.4 Å². The van der Waals surface area contributed by atoms with E-state index < -0.39 is 0 Å². The van der Waals surface area contributed by atoms with Crippen LogP contribution in [0.1, 0.15) is 36.8 Å². The van der Waals surface area contributed by atoms with E-state index in [4.69, 9.17) is 4.42 Å². The van der Waals surface area contributed by atoms with E-state index in [1.807, 2.05) is 30.3 Å². The summed E-state index contributed by atoms with van der Waals surface area (Å²) in [7, 11) is 0. The standard InChI is InChI=1S/C30H28N6O/c1-3-4-16-32-30-33-19-28(29-35-34-21(2)37-29)36(30)20-22-10-12-24(13-11-22)27-17-25(14-15-26(27)18-31)23-8-6-5-7-9-23/h5-15,17,19H,3-4,16,20H2,1-2H3,(H,32,33). The molecule has 2 aromatic heterocycles. The smallest absolute Gasteiger partial charge is 0.266 e. The zero-order valence-electron chi connectivity index (χ0n) is 21.0. The summed E-state index contributed by atoms with van der Waals surface area (Å²) in [6, 6.07) is 26.8. The van der Waals surface area contributed by atoms with Gasteiger partial charge >= 0.3 is 0 Å². The van der Waals surface area contributed by atoms with Gasteiger partial charge in [0.25, 0.3) is 5.89 Å². The fourth-order valence-electron chi connectivity index (χ4n) is 4.29. The van der Waals surface area contributed by atoms with Crippen molar-refractivity contribution in [2.45, 2.75) is 33.2 Å². The Morgan fingerprint density at radius 3 is 2.43 bits per heavy atom. The van der Waals surface area contributed by atoms with Gasteiger partial charge in [-0.15, -0.1) is 10.2 Å². The molecular formula is C30H28N6O. The van der Waals surface area contributed by atoms with Gasteiger partial charge in [-0.1, -0.05) is 74.0 Å². The number of nitrogens with one attached hydrogen (secondary N) is 1. The third-order valence-corrected chi connectivity index (χ3v) is 6.27. The number of anilines is 1. The van der Waals surface area contributed by atoms with Gasteiger partial charge in [-0.2, -0.15) is 5.26 Å². The van der Waals surface area contributed by atoms with Crippen molar-refractivity contribution in [1.29, 1.82) is 5.26 Å². The first-order valence-corrected chi connectivity index (χ1v) is 12.4. The molecule has 5 aromatic rings. The van der Waals surface area contributed by atoms with Crippen molar-refractivity contribution < 1.29 is 4.42 Å². The Morgan fingerprint density at radius 2 is 1.73 bits per heavy atom. The zero-order valence-corrected chi connectivity index (χ0v) is 21.0. The van der Waals surface area contributed by atoms with Gasteiger partial charge in [0.05, 0.1) is 24.4 Å². The molecule has 0 amide bonds. The highest BCUT2D eigenvalue weighted by atomic mass is 16.4. The van der Waals surface area contributed by atoms with Gasteiger partial charge in [-0.3, -0.25) is 0 Å². The Bertz CT molecular complexity index is 1530. The zero-order chi connectivity index (χ0) is 25.6. The van der Waals surface area contributed by atoms with Gasteiger partial charge in [0.1, 0.15) is 5.69 Å². The van der Waals surface area contributed by atoms with Crippen molar-refractivity contribution in [3.8, 4) is 39.9 Å². The molecule has 0 atom stereocenters. The quantitative estimate of drug-likeness (QED) is 0.232. The lowest BCUT2D eigenvalue weighted by Gasteiger charge is -2.13. The molecule has 0 bridgehead atoms. The molecule has 2 heterocycles. The second-order valence-corrected chi connectivity index (χ2v) is 8.89. The maximum absolute atomic E-state index is 9.74. The van der Waals surface area contributed by atoms with Crippen LogP contribution in [-0.2, 0) is 6.54 Å². The number of aryl methyl sites for hydroxylation is 1. The van der Waals surface area contributed by atoms with Crippen molar-refractivity contribution in [2.24, 2.45) is 0 Å². The first-order valence-electron chi connectivity index (χ1n) is 12.4. The maximum atomic E-state index is 9.74. The number of imidazole rings is 1. The van der Waals surface area contributed by atoms with Crippen molar-refractivity contribution >= 4 is 5.95 Å². The number of nitriles is 1. The Balaban J connectivity index is 1.45. The SMILES string of the molecule is CCCCNc1ncc(-c2nnc(C)o2)n1Cc1ccc(-c2cc(-c3ccccc3)ccc2C#N)cc1. The Hall–Kier alpha value is -4.70. The van der Waals surface area contributed by atoms with E-state index in [2.05, 4.69) is 80.5 Å². The van der Waals surface area contributed by atoms with Crippen LogP contribution in [0.2, 0.25) is 0 Å². The summed E-state index contributed by atoms with van der Waals surface area (Å²) in [4.78, 5) is 4.58. The summed E-state index contributed by atoms with van der Waals surface area (Å²) >= 11 is 0. The van der Waals surface area contributed by atoms with Gasteiger partial charge in [0.15, 0.2) is 0 Å². The van der Waals surface area contributed by atoms with Crippen LogP contribution >= 0.6 is 0 Å². The normalized spacial score (nSPS) is 10.8. The van der Waals surface area contributed by atoms with Crippen molar-refractivity contribution in [2.75, 3.05) is 11.9 Å². The van der Waals surface area contributed by atoms with Crippen LogP contribution in [0.3, 0.4) is 0 Å². The summed E-state index contributed by atoms with van der Waals surface area (Å²) < 4.78 is 7.76. The number of unbranched alkanes of at least 4 members (excludes halogenated alkanes) is 1. The van der Waals surface area contributed by atoms with Crippen molar-refractivity contribution in [3.63, 3.8) is 0 Å². The molecule has 0 saturated carbocycles.